The predicted molar refractivity (Wildman–Crippen MR) is 61.8 cm³/mol. The number of carbonyl (C=O) groups is 2. The number of fused-ring (bicyclic) bond motifs is 1. The van der Waals surface area contributed by atoms with E-state index in [-0.39, 0.29) is 12.4 Å². The summed E-state index contributed by atoms with van der Waals surface area (Å²) in [6, 6.07) is 3.36. The number of rotatable bonds is 2. The first kappa shape index (κ1) is 11.6. The van der Waals surface area contributed by atoms with Crippen molar-refractivity contribution in [1.82, 2.24) is 4.98 Å². The lowest BCUT2D eigenvalue weighted by atomic mass is 9.96. The van der Waals surface area contributed by atoms with Gasteiger partial charge in [-0.15, -0.1) is 0 Å². The number of nitrogens with zero attached hydrogens (tertiary/aromatic N) is 1. The number of ether oxygens (including phenoxy) is 1. The topological polar surface area (TPSA) is 68.3 Å². The van der Waals surface area contributed by atoms with Gasteiger partial charge >= 0.3 is 5.97 Å². The van der Waals surface area contributed by atoms with E-state index in [1.807, 2.05) is 0 Å². The highest BCUT2D eigenvalue weighted by Crippen LogP contribution is 2.23. The van der Waals surface area contributed by atoms with Crippen molar-refractivity contribution in [1.29, 1.82) is 0 Å². The molecule has 0 bridgehead atoms. The van der Waals surface area contributed by atoms with Crippen molar-refractivity contribution in [3.05, 3.63) is 23.9 Å². The Morgan fingerprint density at radius 3 is 3.24 bits per heavy atom. The molecule has 2 rings (SSSR count). The monoisotopic (exact) mass is 234 g/mol. The van der Waals surface area contributed by atoms with E-state index in [0.29, 0.717) is 24.3 Å². The highest BCUT2D eigenvalue weighted by atomic mass is 16.5. The molecule has 0 saturated carbocycles. The molecule has 1 atom stereocenters. The zero-order valence-electron chi connectivity index (χ0n) is 9.60. The first-order valence-electron chi connectivity index (χ1n) is 5.63. The third kappa shape index (κ3) is 2.27. The summed E-state index contributed by atoms with van der Waals surface area (Å²) in [4.78, 5) is 27.9. The Bertz CT molecular complexity index is 445. The van der Waals surface area contributed by atoms with E-state index in [2.05, 4.69) is 10.3 Å². The fraction of sp³-hybridized carbons (Fsp3) is 0.417. The van der Waals surface area contributed by atoms with Gasteiger partial charge < -0.3 is 10.1 Å². The van der Waals surface area contributed by atoms with Crippen LogP contribution in [-0.4, -0.2) is 29.9 Å². The molecule has 1 aliphatic heterocycles. The fourth-order valence-corrected chi connectivity index (χ4v) is 1.87. The van der Waals surface area contributed by atoms with E-state index >= 15 is 0 Å². The van der Waals surface area contributed by atoms with Crippen molar-refractivity contribution in [3.8, 4) is 0 Å². The summed E-state index contributed by atoms with van der Waals surface area (Å²) < 4.78 is 4.91. The van der Waals surface area contributed by atoms with Crippen molar-refractivity contribution in [3.63, 3.8) is 0 Å². The van der Waals surface area contributed by atoms with Crippen molar-refractivity contribution >= 4 is 17.6 Å². The molecule has 0 saturated heterocycles. The number of anilines is 1. The zero-order valence-corrected chi connectivity index (χ0v) is 9.60. The number of carbonyl (C=O) groups excluding carboxylic acids is 2. The van der Waals surface area contributed by atoms with Gasteiger partial charge in [0.2, 0.25) is 0 Å². The summed E-state index contributed by atoms with van der Waals surface area (Å²) in [5.41, 5.74) is 0.461. The van der Waals surface area contributed by atoms with Crippen LogP contribution in [0, 0.1) is 5.92 Å². The van der Waals surface area contributed by atoms with Crippen LogP contribution < -0.4 is 5.32 Å². The van der Waals surface area contributed by atoms with Crippen LogP contribution >= 0.6 is 0 Å². The van der Waals surface area contributed by atoms with Crippen LogP contribution in [0.2, 0.25) is 0 Å². The third-order valence-electron chi connectivity index (χ3n) is 2.69. The van der Waals surface area contributed by atoms with Crippen LogP contribution in [0.3, 0.4) is 0 Å². The third-order valence-corrected chi connectivity index (χ3v) is 2.69. The Hall–Kier alpha value is -1.91. The molecule has 1 aromatic heterocycles. The molecule has 1 aromatic rings. The van der Waals surface area contributed by atoms with E-state index in [0.717, 1.165) is 0 Å². The van der Waals surface area contributed by atoms with Gasteiger partial charge in [0.15, 0.2) is 5.78 Å². The van der Waals surface area contributed by atoms with Gasteiger partial charge in [-0.25, -0.2) is 4.98 Å². The molecule has 90 valence electrons. The van der Waals surface area contributed by atoms with E-state index in [9.17, 15) is 9.59 Å². The molecule has 0 spiro atoms. The summed E-state index contributed by atoms with van der Waals surface area (Å²) in [6.07, 6.45) is 2.05. The largest absolute Gasteiger partial charge is 0.465 e. The van der Waals surface area contributed by atoms with Gasteiger partial charge in [-0.3, -0.25) is 9.59 Å². The highest BCUT2D eigenvalue weighted by Gasteiger charge is 2.32. The Labute approximate surface area is 99.2 Å². The lowest BCUT2D eigenvalue weighted by molar-refractivity contribution is -0.146. The lowest BCUT2D eigenvalue weighted by Gasteiger charge is -2.11. The molecule has 5 heteroatoms. The highest BCUT2D eigenvalue weighted by molar-refractivity contribution is 6.11. The molecule has 1 unspecified atom stereocenters. The summed E-state index contributed by atoms with van der Waals surface area (Å²) in [5, 5.41) is 3.04. The predicted octanol–water partition coefficient (Wildman–Crippen LogP) is 1.26. The summed E-state index contributed by atoms with van der Waals surface area (Å²) in [6.45, 7) is 2.56. The minimum absolute atomic E-state index is 0.212. The SMILES string of the molecule is CCOC(=O)C1CCNc2ncccc2C1=O. The standard InChI is InChI=1S/C12H14N2O3/c1-2-17-12(16)9-5-7-14-11-8(10(9)15)4-3-6-13-11/h3-4,6,9H,2,5,7H2,1H3,(H,13,14). The molecule has 0 amide bonds. The number of esters is 1. The quantitative estimate of drug-likeness (QED) is 0.616. The van der Waals surface area contributed by atoms with Gasteiger partial charge in [-0.2, -0.15) is 0 Å². The van der Waals surface area contributed by atoms with Crippen LogP contribution in [0.4, 0.5) is 5.82 Å². The minimum Gasteiger partial charge on any atom is -0.465 e. The van der Waals surface area contributed by atoms with Gasteiger partial charge in [0.1, 0.15) is 11.7 Å². The molecule has 17 heavy (non-hydrogen) atoms. The number of hydrogen-bond donors (Lipinski definition) is 1. The second kappa shape index (κ2) is 4.95. The molecule has 0 aliphatic carbocycles. The van der Waals surface area contributed by atoms with E-state index in [4.69, 9.17) is 4.74 Å². The summed E-state index contributed by atoms with van der Waals surface area (Å²) in [7, 11) is 0. The van der Waals surface area contributed by atoms with Gasteiger partial charge in [-0.1, -0.05) is 0 Å². The molecular formula is C12H14N2O3. The number of hydrogen-bond acceptors (Lipinski definition) is 5. The molecule has 1 N–H and O–H groups in total. The van der Waals surface area contributed by atoms with E-state index in [1.165, 1.54) is 0 Å². The fourth-order valence-electron chi connectivity index (χ4n) is 1.87. The molecule has 0 fully saturated rings. The molecule has 1 aliphatic rings. The van der Waals surface area contributed by atoms with Crippen LogP contribution in [0.25, 0.3) is 0 Å². The van der Waals surface area contributed by atoms with Gasteiger partial charge in [0.25, 0.3) is 0 Å². The normalized spacial score (nSPS) is 18.9. The Kier molecular flexibility index (Phi) is 3.37. The van der Waals surface area contributed by atoms with Crippen molar-refractivity contribution in [2.45, 2.75) is 13.3 Å². The first-order chi connectivity index (χ1) is 8.24. The van der Waals surface area contributed by atoms with Gasteiger partial charge in [0, 0.05) is 12.7 Å². The maximum absolute atomic E-state index is 12.2. The maximum atomic E-state index is 12.2. The van der Waals surface area contributed by atoms with Gasteiger partial charge in [0.05, 0.1) is 12.2 Å². The van der Waals surface area contributed by atoms with E-state index < -0.39 is 11.9 Å². The Morgan fingerprint density at radius 2 is 2.47 bits per heavy atom. The number of aromatic nitrogens is 1. The maximum Gasteiger partial charge on any atom is 0.316 e. The second-order valence-electron chi connectivity index (χ2n) is 3.78. The summed E-state index contributed by atoms with van der Waals surface area (Å²) >= 11 is 0. The Balaban J connectivity index is 2.29. The van der Waals surface area contributed by atoms with Crippen molar-refractivity contribution < 1.29 is 14.3 Å². The van der Waals surface area contributed by atoms with Gasteiger partial charge in [-0.05, 0) is 25.5 Å². The molecule has 5 nitrogen and oxygen atoms in total. The molecule has 2 heterocycles. The minimum atomic E-state index is -0.715. The van der Waals surface area contributed by atoms with Crippen molar-refractivity contribution in [2.24, 2.45) is 5.92 Å². The average molecular weight is 234 g/mol. The summed E-state index contributed by atoms with van der Waals surface area (Å²) in [5.74, 6) is -0.829. The second-order valence-corrected chi connectivity index (χ2v) is 3.78. The van der Waals surface area contributed by atoms with E-state index in [1.54, 1.807) is 25.3 Å². The molecule has 0 radical (unpaired) electrons. The Morgan fingerprint density at radius 1 is 1.65 bits per heavy atom. The number of pyridine rings is 1. The van der Waals surface area contributed by atoms with Crippen LogP contribution in [0.15, 0.2) is 18.3 Å². The smallest absolute Gasteiger partial charge is 0.316 e. The van der Waals surface area contributed by atoms with Crippen LogP contribution in [0.5, 0.6) is 0 Å². The van der Waals surface area contributed by atoms with Crippen molar-refractivity contribution in [2.75, 3.05) is 18.5 Å². The zero-order chi connectivity index (χ0) is 12.3. The number of Topliss-reactive ketones (excluding diaryl/α,β-unsaturated/α-hetero) is 1. The lowest BCUT2D eigenvalue weighted by Crippen LogP contribution is -2.26. The molecular weight excluding hydrogens is 220 g/mol. The van der Waals surface area contributed by atoms with Crippen LogP contribution in [-0.2, 0) is 9.53 Å². The first-order valence-corrected chi connectivity index (χ1v) is 5.63. The number of ketones is 1. The average Bonchev–Trinajstić information content (AvgIpc) is 2.50. The molecule has 0 aromatic carbocycles. The van der Waals surface area contributed by atoms with Crippen LogP contribution in [0.1, 0.15) is 23.7 Å². The number of nitrogens with one attached hydrogen (secondary N) is 1.